The fraction of sp³-hybridized carbons (Fsp3) is 0.587. The van der Waals surface area contributed by atoms with Gasteiger partial charge in [0.2, 0.25) is 0 Å². The molecule has 0 spiro atoms. The molecule has 0 aromatic heterocycles. The van der Waals surface area contributed by atoms with Crippen molar-refractivity contribution < 1.29 is 38.2 Å². The summed E-state index contributed by atoms with van der Waals surface area (Å²) >= 11 is 0. The highest BCUT2D eigenvalue weighted by Gasteiger charge is 2.31. The van der Waals surface area contributed by atoms with Crippen LogP contribution in [0.5, 0.6) is 0 Å². The van der Waals surface area contributed by atoms with Crippen LogP contribution in [-0.2, 0) is 28.6 Å². The van der Waals surface area contributed by atoms with E-state index in [1.165, 1.54) is 0 Å². The highest BCUT2D eigenvalue weighted by atomic mass is 16.6. The molecule has 54 heavy (non-hydrogen) atoms. The Kier molecular flexibility index (Phi) is 33.7. The molecule has 8 nitrogen and oxygen atoms in total. The van der Waals surface area contributed by atoms with Crippen LogP contribution < -0.4 is 0 Å². The average molecular weight is 753 g/mol. The van der Waals surface area contributed by atoms with Crippen molar-refractivity contribution in [2.75, 3.05) is 41.0 Å². The van der Waals surface area contributed by atoms with Gasteiger partial charge in [0.05, 0.1) is 34.4 Å². The smallest absolute Gasteiger partial charge is 0.362 e. The molecule has 0 aromatic rings. The molecule has 8 heteroatoms. The molecule has 0 bridgehead atoms. The quantitative estimate of drug-likeness (QED) is 0.0302. The van der Waals surface area contributed by atoms with E-state index in [-0.39, 0.29) is 49.1 Å². The number of esters is 2. The zero-order chi connectivity index (χ0) is 40.0. The summed E-state index contributed by atoms with van der Waals surface area (Å²) in [6, 6.07) is -0.634. The maximum atomic E-state index is 12.7. The van der Waals surface area contributed by atoms with E-state index in [1.54, 1.807) is 0 Å². The third-order valence-electron chi connectivity index (χ3n) is 8.23. The van der Waals surface area contributed by atoms with Crippen molar-refractivity contribution in [2.45, 2.75) is 135 Å². The van der Waals surface area contributed by atoms with Crippen molar-refractivity contribution in [3.63, 3.8) is 0 Å². The number of aliphatic carboxylic acids is 1. The molecule has 2 atom stereocenters. The summed E-state index contributed by atoms with van der Waals surface area (Å²) in [6.45, 7) is 4.38. The van der Waals surface area contributed by atoms with Crippen LogP contribution in [-0.4, -0.2) is 80.6 Å². The number of unbranched alkanes of at least 4 members (excludes halogenated alkanes) is 4. The number of hydrogen-bond acceptors (Lipinski definition) is 6. The van der Waals surface area contributed by atoms with Crippen LogP contribution in [0.25, 0.3) is 0 Å². The van der Waals surface area contributed by atoms with Crippen molar-refractivity contribution >= 4 is 17.9 Å². The molecule has 0 heterocycles. The fourth-order valence-corrected chi connectivity index (χ4v) is 5.13. The summed E-state index contributed by atoms with van der Waals surface area (Å²) in [4.78, 5) is 36.9. The van der Waals surface area contributed by atoms with Crippen LogP contribution >= 0.6 is 0 Å². The van der Waals surface area contributed by atoms with Crippen molar-refractivity contribution in [1.29, 1.82) is 0 Å². The predicted octanol–water partition coefficient (Wildman–Crippen LogP) is 10.7. The zero-order valence-corrected chi connectivity index (χ0v) is 34.4. The lowest BCUT2D eigenvalue weighted by Gasteiger charge is -2.31. The van der Waals surface area contributed by atoms with Gasteiger partial charge >= 0.3 is 17.9 Å². The van der Waals surface area contributed by atoms with Gasteiger partial charge in [-0.05, 0) is 89.9 Å². The number of carboxylic acid groups (broad SMARTS) is 1. The molecular weight excluding hydrogens is 679 g/mol. The minimum atomic E-state index is -0.893. The Morgan fingerprint density at radius 3 is 1.37 bits per heavy atom. The number of ether oxygens (including phenoxy) is 3. The molecule has 0 aliphatic heterocycles. The maximum absolute atomic E-state index is 12.7. The summed E-state index contributed by atoms with van der Waals surface area (Å²) in [5.41, 5.74) is 0. The molecule has 0 rings (SSSR count). The van der Waals surface area contributed by atoms with Crippen LogP contribution in [0.2, 0.25) is 0 Å². The highest BCUT2D eigenvalue weighted by Crippen LogP contribution is 2.11. The number of nitrogens with zero attached hydrogens (tertiary/aromatic N) is 1. The first-order valence-electron chi connectivity index (χ1n) is 20.3. The number of carbonyl (C=O) groups excluding carboxylic acids is 2. The summed E-state index contributed by atoms with van der Waals surface area (Å²) in [5, 5.41) is 9.60. The van der Waals surface area contributed by atoms with Gasteiger partial charge in [0.1, 0.15) is 6.61 Å². The van der Waals surface area contributed by atoms with E-state index in [1.807, 2.05) is 21.1 Å². The molecule has 0 aliphatic carbocycles. The fourth-order valence-electron chi connectivity index (χ4n) is 5.13. The van der Waals surface area contributed by atoms with Gasteiger partial charge in [-0.3, -0.25) is 9.59 Å². The molecule has 0 aliphatic rings. The predicted molar refractivity (Wildman–Crippen MR) is 224 cm³/mol. The van der Waals surface area contributed by atoms with Gasteiger partial charge in [0.15, 0.2) is 12.1 Å². The zero-order valence-electron chi connectivity index (χ0n) is 34.4. The second-order valence-corrected chi connectivity index (χ2v) is 14.1. The summed E-state index contributed by atoms with van der Waals surface area (Å²) in [6.07, 6.45) is 47.4. The molecule has 0 fully saturated rings. The first-order chi connectivity index (χ1) is 26.1. The number of allylic oxidation sites excluding steroid dienone is 16. The van der Waals surface area contributed by atoms with Crippen molar-refractivity contribution in [1.82, 2.24) is 0 Å². The van der Waals surface area contributed by atoms with Crippen LogP contribution in [0.1, 0.15) is 123 Å². The largest absolute Gasteiger partial charge is 0.477 e. The van der Waals surface area contributed by atoms with Crippen LogP contribution in [0, 0.1) is 0 Å². The monoisotopic (exact) mass is 753 g/mol. The molecule has 0 amide bonds. The van der Waals surface area contributed by atoms with Gasteiger partial charge in [-0.1, -0.05) is 111 Å². The molecule has 0 radical (unpaired) electrons. The second-order valence-electron chi connectivity index (χ2n) is 14.1. The van der Waals surface area contributed by atoms with Gasteiger partial charge < -0.3 is 23.8 Å². The lowest BCUT2D eigenvalue weighted by molar-refractivity contribution is -0.887. The van der Waals surface area contributed by atoms with Gasteiger partial charge in [0, 0.05) is 19.3 Å². The van der Waals surface area contributed by atoms with Crippen LogP contribution in [0.4, 0.5) is 0 Å². The Morgan fingerprint density at radius 2 is 0.963 bits per heavy atom. The normalized spacial score (nSPS) is 14.0. The Labute approximate surface area is 328 Å². The molecule has 304 valence electrons. The summed E-state index contributed by atoms with van der Waals surface area (Å²) in [7, 11) is 5.48. The van der Waals surface area contributed by atoms with Gasteiger partial charge in [0.25, 0.3) is 0 Å². The Bertz CT molecular complexity index is 1200. The molecule has 0 aromatic carbocycles. The first kappa shape index (κ1) is 50.2. The molecule has 0 saturated carbocycles. The summed E-state index contributed by atoms with van der Waals surface area (Å²) in [5.74, 6) is -1.59. The molecule has 2 unspecified atom stereocenters. The third-order valence-corrected chi connectivity index (χ3v) is 8.23. The third kappa shape index (κ3) is 34.0. The highest BCUT2D eigenvalue weighted by molar-refractivity contribution is 5.72. The van der Waals surface area contributed by atoms with Crippen molar-refractivity contribution in [3.8, 4) is 0 Å². The van der Waals surface area contributed by atoms with Crippen LogP contribution in [0.15, 0.2) is 97.2 Å². The molecule has 0 saturated heterocycles. The first-order valence-corrected chi connectivity index (χ1v) is 20.3. The topological polar surface area (TPSA) is 99.1 Å². The lowest BCUT2D eigenvalue weighted by Crippen LogP contribution is -2.50. The Hall–Kier alpha value is -3.75. The van der Waals surface area contributed by atoms with E-state index in [9.17, 15) is 19.5 Å². The van der Waals surface area contributed by atoms with Gasteiger partial charge in [-0.25, -0.2) is 4.79 Å². The van der Waals surface area contributed by atoms with E-state index in [2.05, 4.69) is 111 Å². The van der Waals surface area contributed by atoms with Gasteiger partial charge in [-0.2, -0.15) is 0 Å². The van der Waals surface area contributed by atoms with E-state index in [4.69, 9.17) is 14.2 Å². The molecular formula is C46H74NO7+. The number of quaternary nitrogens is 1. The van der Waals surface area contributed by atoms with Crippen molar-refractivity contribution in [3.05, 3.63) is 97.2 Å². The second kappa shape index (κ2) is 36.2. The minimum absolute atomic E-state index is 0.0241. The standard InChI is InChI=1S/C46H73NO7/c1-6-8-10-12-14-16-18-20-22-24-26-28-30-32-34-36-44(48)53-41-42(40-52-39-38-43(46(50)51)47(3,4)5)54-45(49)37-35-33-31-29-27-25-23-21-19-17-15-13-11-9-7-2/h8-11,14-17,20-23,26-29,42-43H,6-7,12-13,18-19,24-25,30-41H2,1-5H3/p+1/b10-8-,11-9-,16-14-,17-15-,22-20-,23-21-,28-26-,29-27-. The lowest BCUT2D eigenvalue weighted by atomic mass is 10.1. The van der Waals surface area contributed by atoms with Gasteiger partial charge in [-0.15, -0.1) is 0 Å². The van der Waals surface area contributed by atoms with E-state index < -0.39 is 18.1 Å². The van der Waals surface area contributed by atoms with Crippen LogP contribution in [0.3, 0.4) is 0 Å². The summed E-state index contributed by atoms with van der Waals surface area (Å²) < 4.78 is 17.1. The van der Waals surface area contributed by atoms with Crippen molar-refractivity contribution in [2.24, 2.45) is 0 Å². The van der Waals surface area contributed by atoms with E-state index in [0.717, 1.165) is 77.0 Å². The molecule has 1 N–H and O–H groups in total. The number of hydrogen-bond donors (Lipinski definition) is 1. The Balaban J connectivity index is 4.56. The minimum Gasteiger partial charge on any atom is -0.477 e. The van der Waals surface area contributed by atoms with E-state index in [0.29, 0.717) is 19.3 Å². The number of carboxylic acids is 1. The average Bonchev–Trinajstić information content (AvgIpc) is 3.12. The Morgan fingerprint density at radius 1 is 0.556 bits per heavy atom. The van der Waals surface area contributed by atoms with E-state index >= 15 is 0 Å². The number of likely N-dealkylation sites (N-methyl/N-ethyl adjacent to an activating group) is 1. The number of carbonyl (C=O) groups is 3. The maximum Gasteiger partial charge on any atom is 0.362 e. The SMILES string of the molecule is CC/C=C\C/C=C\C/C=C\C/C=C\CCCCC(=O)OCC(COCCC(C(=O)O)[N+](C)(C)C)OC(=O)CCCC/C=C\C/C=C\C/C=C\C/C=C\CC. The number of rotatable bonds is 34.